The minimum absolute atomic E-state index is 0.483. The summed E-state index contributed by atoms with van der Waals surface area (Å²) in [5.41, 5.74) is 1.93. The molecule has 0 bridgehead atoms. The molecule has 0 saturated carbocycles. The van der Waals surface area contributed by atoms with E-state index in [0.717, 1.165) is 10.0 Å². The molecule has 0 amide bonds. The number of benzene rings is 1. The summed E-state index contributed by atoms with van der Waals surface area (Å²) in [6.07, 6.45) is 0. The van der Waals surface area contributed by atoms with Crippen molar-refractivity contribution >= 4 is 21.6 Å². The molecular weight excluding hydrogens is 216 g/mol. The molecule has 0 heterocycles. The summed E-state index contributed by atoms with van der Waals surface area (Å²) < 4.78 is 0.744. The lowest BCUT2D eigenvalue weighted by Crippen LogP contribution is -1.81. The van der Waals surface area contributed by atoms with Crippen LogP contribution < -0.4 is 0 Å². The Morgan fingerprint density at radius 2 is 2.25 bits per heavy atom. The van der Waals surface area contributed by atoms with Gasteiger partial charge in [0.1, 0.15) is 0 Å². The van der Waals surface area contributed by atoms with E-state index in [1.54, 1.807) is 12.1 Å². The van der Waals surface area contributed by atoms with Gasteiger partial charge in [0.2, 0.25) is 5.69 Å². The monoisotopic (exact) mass is 220 g/mol. The highest BCUT2D eigenvalue weighted by atomic mass is 79.9. The summed E-state index contributed by atoms with van der Waals surface area (Å²) in [4.78, 5) is 3.27. The minimum atomic E-state index is 0.483. The Hall–Kier alpha value is -1.32. The van der Waals surface area contributed by atoms with Gasteiger partial charge in [0.25, 0.3) is 0 Å². The molecule has 1 aromatic carbocycles. The lowest BCUT2D eigenvalue weighted by molar-refractivity contribution is 1.39. The molecule has 0 fully saturated rings. The Morgan fingerprint density at radius 1 is 1.58 bits per heavy atom. The smallest absolute Gasteiger partial charge is 0.202 e. The standard InChI is InChI=1S/C9H5BrN2/c1-6-3-8(10)9(12-2)4-7(6)5-11/h3-4H,1H3. The molecule has 0 unspecified atom stereocenters. The molecule has 0 radical (unpaired) electrons. The Kier molecular flexibility index (Phi) is 2.47. The fourth-order valence-electron chi connectivity index (χ4n) is 0.867. The van der Waals surface area contributed by atoms with Crippen LogP contribution in [-0.2, 0) is 0 Å². The number of halogens is 1. The van der Waals surface area contributed by atoms with E-state index in [1.165, 1.54) is 0 Å². The van der Waals surface area contributed by atoms with E-state index < -0.39 is 0 Å². The van der Waals surface area contributed by atoms with Gasteiger partial charge in [-0.1, -0.05) is 22.0 Å². The molecular formula is C9H5BrN2. The van der Waals surface area contributed by atoms with Crippen LogP contribution in [0.5, 0.6) is 0 Å². The Bertz CT molecular complexity index is 361. The molecule has 1 rings (SSSR count). The zero-order valence-electron chi connectivity index (χ0n) is 6.43. The Labute approximate surface area is 79.4 Å². The van der Waals surface area contributed by atoms with E-state index in [-0.39, 0.29) is 0 Å². The number of rotatable bonds is 0. The fourth-order valence-corrected chi connectivity index (χ4v) is 1.41. The van der Waals surface area contributed by atoms with E-state index >= 15 is 0 Å². The molecule has 0 aliphatic rings. The van der Waals surface area contributed by atoms with Crippen LogP contribution in [0.3, 0.4) is 0 Å². The van der Waals surface area contributed by atoms with Crippen molar-refractivity contribution in [3.63, 3.8) is 0 Å². The number of aryl methyl sites for hydroxylation is 1. The van der Waals surface area contributed by atoms with Gasteiger partial charge >= 0.3 is 0 Å². The van der Waals surface area contributed by atoms with Crippen LogP contribution in [-0.4, -0.2) is 0 Å². The van der Waals surface area contributed by atoms with Gasteiger partial charge in [-0.25, -0.2) is 4.85 Å². The maximum atomic E-state index is 8.66. The van der Waals surface area contributed by atoms with Gasteiger partial charge in [-0.3, -0.25) is 0 Å². The first-order valence-electron chi connectivity index (χ1n) is 3.26. The van der Waals surface area contributed by atoms with Gasteiger partial charge < -0.3 is 0 Å². The Morgan fingerprint density at radius 3 is 2.75 bits per heavy atom. The van der Waals surface area contributed by atoms with E-state index in [4.69, 9.17) is 11.8 Å². The zero-order chi connectivity index (χ0) is 9.14. The predicted molar refractivity (Wildman–Crippen MR) is 49.9 cm³/mol. The number of hydrogen-bond acceptors (Lipinski definition) is 1. The molecule has 0 aliphatic heterocycles. The summed E-state index contributed by atoms with van der Waals surface area (Å²) in [5, 5.41) is 8.66. The maximum absolute atomic E-state index is 8.66. The predicted octanol–water partition coefficient (Wildman–Crippen LogP) is 3.18. The maximum Gasteiger partial charge on any atom is 0.202 e. The van der Waals surface area contributed by atoms with E-state index in [2.05, 4.69) is 20.8 Å². The summed E-state index contributed by atoms with van der Waals surface area (Å²) in [5.74, 6) is 0. The highest BCUT2D eigenvalue weighted by Crippen LogP contribution is 2.28. The number of nitriles is 1. The summed E-state index contributed by atoms with van der Waals surface area (Å²) >= 11 is 3.25. The van der Waals surface area contributed by atoms with Gasteiger partial charge in [0, 0.05) is 10.0 Å². The first-order chi connectivity index (χ1) is 5.69. The summed E-state index contributed by atoms with van der Waals surface area (Å²) in [6, 6.07) is 5.41. The second kappa shape index (κ2) is 3.38. The van der Waals surface area contributed by atoms with Crippen molar-refractivity contribution in [1.82, 2.24) is 0 Å². The van der Waals surface area contributed by atoms with Crippen LogP contribution in [0.25, 0.3) is 4.85 Å². The molecule has 0 aliphatic carbocycles. The molecule has 0 N–H and O–H groups in total. The highest BCUT2D eigenvalue weighted by molar-refractivity contribution is 9.10. The number of hydrogen-bond donors (Lipinski definition) is 0. The van der Waals surface area contributed by atoms with E-state index in [1.807, 2.05) is 13.0 Å². The second-order valence-corrected chi connectivity index (χ2v) is 3.20. The fraction of sp³-hybridized carbons (Fsp3) is 0.111. The van der Waals surface area contributed by atoms with Crippen molar-refractivity contribution in [1.29, 1.82) is 5.26 Å². The average molecular weight is 221 g/mol. The van der Waals surface area contributed by atoms with Gasteiger partial charge in [0.15, 0.2) is 0 Å². The molecule has 0 saturated heterocycles. The lowest BCUT2D eigenvalue weighted by atomic mass is 10.1. The van der Waals surface area contributed by atoms with Crippen molar-refractivity contribution in [2.24, 2.45) is 0 Å². The van der Waals surface area contributed by atoms with Crippen LogP contribution in [0, 0.1) is 24.8 Å². The molecule has 0 spiro atoms. The quantitative estimate of drug-likeness (QED) is 0.618. The SMILES string of the molecule is [C-]#[N+]c1cc(C#N)c(C)cc1Br. The second-order valence-electron chi connectivity index (χ2n) is 2.34. The van der Waals surface area contributed by atoms with Gasteiger partial charge in [0.05, 0.1) is 12.6 Å². The third-order valence-electron chi connectivity index (χ3n) is 1.53. The Balaban J connectivity index is 3.42. The van der Waals surface area contributed by atoms with Crippen molar-refractivity contribution in [2.75, 3.05) is 0 Å². The molecule has 12 heavy (non-hydrogen) atoms. The van der Waals surface area contributed by atoms with E-state index in [9.17, 15) is 0 Å². The largest absolute Gasteiger partial charge is 0.237 e. The molecule has 1 aromatic rings. The number of nitrogens with zero attached hydrogens (tertiary/aromatic N) is 2. The summed E-state index contributed by atoms with van der Waals surface area (Å²) in [7, 11) is 0. The van der Waals surface area contributed by atoms with Crippen molar-refractivity contribution in [3.05, 3.63) is 39.1 Å². The normalized spacial score (nSPS) is 8.67. The topological polar surface area (TPSA) is 28.1 Å². The van der Waals surface area contributed by atoms with Crippen LogP contribution in [0.2, 0.25) is 0 Å². The summed E-state index contributed by atoms with van der Waals surface area (Å²) in [6.45, 7) is 8.66. The van der Waals surface area contributed by atoms with Crippen molar-refractivity contribution in [3.8, 4) is 6.07 Å². The van der Waals surface area contributed by atoms with Gasteiger partial charge in [-0.05, 0) is 18.6 Å². The van der Waals surface area contributed by atoms with Gasteiger partial charge in [-0.15, -0.1) is 0 Å². The third kappa shape index (κ3) is 1.47. The average Bonchev–Trinajstić information content (AvgIpc) is 2.05. The van der Waals surface area contributed by atoms with Crippen LogP contribution in [0.1, 0.15) is 11.1 Å². The van der Waals surface area contributed by atoms with Crippen LogP contribution in [0.15, 0.2) is 16.6 Å². The van der Waals surface area contributed by atoms with Crippen molar-refractivity contribution in [2.45, 2.75) is 6.92 Å². The third-order valence-corrected chi connectivity index (χ3v) is 2.17. The van der Waals surface area contributed by atoms with E-state index in [0.29, 0.717) is 11.3 Å². The van der Waals surface area contributed by atoms with Crippen LogP contribution >= 0.6 is 15.9 Å². The van der Waals surface area contributed by atoms with Gasteiger partial charge in [-0.2, -0.15) is 5.26 Å². The molecule has 2 nitrogen and oxygen atoms in total. The highest BCUT2D eigenvalue weighted by Gasteiger charge is 2.03. The molecule has 58 valence electrons. The first kappa shape index (κ1) is 8.77. The molecule has 0 atom stereocenters. The molecule has 0 aromatic heterocycles. The first-order valence-corrected chi connectivity index (χ1v) is 4.06. The molecule has 3 heteroatoms. The lowest BCUT2D eigenvalue weighted by Gasteiger charge is -1.99. The van der Waals surface area contributed by atoms with Crippen LogP contribution in [0.4, 0.5) is 5.69 Å². The van der Waals surface area contributed by atoms with Crippen molar-refractivity contribution < 1.29 is 0 Å². The minimum Gasteiger partial charge on any atom is -0.237 e. The zero-order valence-corrected chi connectivity index (χ0v) is 8.01.